The van der Waals surface area contributed by atoms with Gasteiger partial charge in [-0.05, 0) is 32.9 Å². The topological polar surface area (TPSA) is 39.7 Å². The lowest BCUT2D eigenvalue weighted by atomic mass is 10.2. The molecule has 0 saturated heterocycles. The Balaban J connectivity index is 2.48. The van der Waals surface area contributed by atoms with E-state index in [1.807, 2.05) is 19.9 Å². The van der Waals surface area contributed by atoms with Crippen LogP contribution < -0.4 is 14.8 Å². The van der Waals surface area contributed by atoms with E-state index in [1.54, 1.807) is 20.3 Å². The standard InChI is InChI=1S/C15H24ClNO3/c1-11(2)20-7-5-6-17-10-12-8-13(16)9-14(18-3)15(12)19-4/h8-9,11,17H,5-7,10H2,1-4H3. The van der Waals surface area contributed by atoms with Crippen LogP contribution in [0.5, 0.6) is 11.5 Å². The number of ether oxygens (including phenoxy) is 3. The highest BCUT2D eigenvalue weighted by atomic mass is 35.5. The molecule has 1 aromatic rings. The van der Waals surface area contributed by atoms with Crippen LogP contribution in [0.25, 0.3) is 0 Å². The summed E-state index contributed by atoms with van der Waals surface area (Å²) in [5.41, 5.74) is 0.988. The van der Waals surface area contributed by atoms with E-state index < -0.39 is 0 Å². The number of nitrogens with one attached hydrogen (secondary N) is 1. The first-order chi connectivity index (χ1) is 9.58. The van der Waals surface area contributed by atoms with Crippen LogP contribution in [-0.2, 0) is 11.3 Å². The Bertz CT molecular complexity index is 410. The van der Waals surface area contributed by atoms with E-state index in [2.05, 4.69) is 5.32 Å². The van der Waals surface area contributed by atoms with Crippen LogP contribution in [0.1, 0.15) is 25.8 Å². The third kappa shape index (κ3) is 5.57. The fourth-order valence-electron chi connectivity index (χ4n) is 1.88. The molecule has 0 atom stereocenters. The number of methoxy groups -OCH3 is 2. The van der Waals surface area contributed by atoms with Gasteiger partial charge in [-0.25, -0.2) is 0 Å². The van der Waals surface area contributed by atoms with Gasteiger partial charge in [-0.3, -0.25) is 0 Å². The summed E-state index contributed by atoms with van der Waals surface area (Å²) in [5.74, 6) is 1.38. The van der Waals surface area contributed by atoms with Crippen molar-refractivity contribution in [3.05, 3.63) is 22.7 Å². The Morgan fingerprint density at radius 2 is 1.95 bits per heavy atom. The fraction of sp³-hybridized carbons (Fsp3) is 0.600. The van der Waals surface area contributed by atoms with Gasteiger partial charge in [0.15, 0.2) is 11.5 Å². The predicted molar refractivity (Wildman–Crippen MR) is 82.0 cm³/mol. The summed E-state index contributed by atoms with van der Waals surface area (Å²) in [5, 5.41) is 4.00. The molecule has 0 aliphatic heterocycles. The molecular weight excluding hydrogens is 278 g/mol. The number of hydrogen-bond donors (Lipinski definition) is 1. The van der Waals surface area contributed by atoms with Gasteiger partial charge in [-0.2, -0.15) is 0 Å². The molecule has 0 heterocycles. The summed E-state index contributed by atoms with van der Waals surface area (Å²) in [6.07, 6.45) is 1.25. The molecule has 0 spiro atoms. The number of benzene rings is 1. The zero-order chi connectivity index (χ0) is 15.0. The Morgan fingerprint density at radius 1 is 1.20 bits per heavy atom. The van der Waals surface area contributed by atoms with E-state index in [0.717, 1.165) is 30.9 Å². The first kappa shape index (κ1) is 17.1. The van der Waals surface area contributed by atoms with Crippen molar-refractivity contribution in [2.75, 3.05) is 27.4 Å². The van der Waals surface area contributed by atoms with E-state index >= 15 is 0 Å². The van der Waals surface area contributed by atoms with Crippen LogP contribution in [0.15, 0.2) is 12.1 Å². The number of halogens is 1. The first-order valence-corrected chi connectivity index (χ1v) is 7.19. The summed E-state index contributed by atoms with van der Waals surface area (Å²) < 4.78 is 16.1. The van der Waals surface area contributed by atoms with Crippen LogP contribution in [0.3, 0.4) is 0 Å². The predicted octanol–water partition coefficient (Wildman–Crippen LogP) is 3.26. The highest BCUT2D eigenvalue weighted by Gasteiger charge is 2.11. The van der Waals surface area contributed by atoms with Crippen molar-refractivity contribution >= 4 is 11.6 Å². The number of rotatable bonds is 9. The lowest BCUT2D eigenvalue weighted by Gasteiger charge is -2.14. The molecule has 0 saturated carbocycles. The lowest BCUT2D eigenvalue weighted by molar-refractivity contribution is 0.0770. The van der Waals surface area contributed by atoms with Gasteiger partial charge < -0.3 is 19.5 Å². The molecule has 0 fully saturated rings. The quantitative estimate of drug-likeness (QED) is 0.711. The number of hydrogen-bond acceptors (Lipinski definition) is 4. The maximum Gasteiger partial charge on any atom is 0.165 e. The molecule has 0 radical (unpaired) electrons. The lowest BCUT2D eigenvalue weighted by Crippen LogP contribution is -2.18. The van der Waals surface area contributed by atoms with E-state index in [9.17, 15) is 0 Å². The molecule has 20 heavy (non-hydrogen) atoms. The zero-order valence-corrected chi connectivity index (χ0v) is 13.4. The second-order valence-corrected chi connectivity index (χ2v) is 5.19. The van der Waals surface area contributed by atoms with E-state index in [-0.39, 0.29) is 6.10 Å². The third-order valence-electron chi connectivity index (χ3n) is 2.79. The monoisotopic (exact) mass is 301 g/mol. The Labute approximate surface area is 126 Å². The summed E-state index contributed by atoms with van der Waals surface area (Å²) in [6, 6.07) is 3.64. The normalized spacial score (nSPS) is 10.9. The summed E-state index contributed by atoms with van der Waals surface area (Å²) in [4.78, 5) is 0. The van der Waals surface area contributed by atoms with Gasteiger partial charge in [0.05, 0.1) is 20.3 Å². The van der Waals surface area contributed by atoms with E-state index in [0.29, 0.717) is 17.3 Å². The van der Waals surface area contributed by atoms with Gasteiger partial charge in [0.25, 0.3) is 0 Å². The van der Waals surface area contributed by atoms with Crippen LogP contribution >= 0.6 is 11.6 Å². The summed E-state index contributed by atoms with van der Waals surface area (Å²) in [7, 11) is 3.24. The van der Waals surface area contributed by atoms with Gasteiger partial charge >= 0.3 is 0 Å². The SMILES string of the molecule is COc1cc(Cl)cc(CNCCCOC(C)C)c1OC. The molecule has 1 N–H and O–H groups in total. The zero-order valence-electron chi connectivity index (χ0n) is 12.7. The summed E-state index contributed by atoms with van der Waals surface area (Å²) >= 11 is 6.07. The van der Waals surface area contributed by atoms with E-state index in [1.165, 1.54) is 0 Å². The van der Waals surface area contributed by atoms with Gasteiger partial charge in [0, 0.05) is 29.8 Å². The van der Waals surface area contributed by atoms with E-state index in [4.69, 9.17) is 25.8 Å². The van der Waals surface area contributed by atoms with Crippen molar-refractivity contribution in [2.45, 2.75) is 32.9 Å². The maximum absolute atomic E-state index is 6.07. The van der Waals surface area contributed by atoms with Crippen LogP contribution in [0, 0.1) is 0 Å². The molecule has 1 aromatic carbocycles. The van der Waals surface area contributed by atoms with Crippen molar-refractivity contribution in [2.24, 2.45) is 0 Å². The van der Waals surface area contributed by atoms with Crippen LogP contribution in [0.2, 0.25) is 5.02 Å². The van der Waals surface area contributed by atoms with Crippen LogP contribution in [0.4, 0.5) is 0 Å². The van der Waals surface area contributed by atoms with Crippen molar-refractivity contribution in [3.8, 4) is 11.5 Å². The second kappa shape index (κ2) is 9.06. The first-order valence-electron chi connectivity index (χ1n) is 6.81. The molecule has 5 heteroatoms. The molecule has 0 aliphatic rings. The highest BCUT2D eigenvalue weighted by Crippen LogP contribution is 2.34. The largest absolute Gasteiger partial charge is 0.493 e. The van der Waals surface area contributed by atoms with Crippen molar-refractivity contribution in [1.82, 2.24) is 5.32 Å². The van der Waals surface area contributed by atoms with Crippen molar-refractivity contribution in [1.29, 1.82) is 0 Å². The molecule has 114 valence electrons. The molecule has 0 unspecified atom stereocenters. The Hall–Kier alpha value is -0.970. The molecule has 0 aromatic heterocycles. The molecule has 1 rings (SSSR count). The molecule has 0 bridgehead atoms. The maximum atomic E-state index is 6.07. The highest BCUT2D eigenvalue weighted by molar-refractivity contribution is 6.30. The second-order valence-electron chi connectivity index (χ2n) is 4.75. The molecule has 4 nitrogen and oxygen atoms in total. The fourth-order valence-corrected chi connectivity index (χ4v) is 2.11. The van der Waals surface area contributed by atoms with Crippen LogP contribution in [-0.4, -0.2) is 33.5 Å². The van der Waals surface area contributed by atoms with Gasteiger partial charge in [0.1, 0.15) is 0 Å². The third-order valence-corrected chi connectivity index (χ3v) is 3.00. The minimum atomic E-state index is 0.285. The van der Waals surface area contributed by atoms with Crippen molar-refractivity contribution in [3.63, 3.8) is 0 Å². The molecule has 0 aliphatic carbocycles. The minimum absolute atomic E-state index is 0.285. The molecular formula is C15H24ClNO3. The Morgan fingerprint density at radius 3 is 2.55 bits per heavy atom. The smallest absolute Gasteiger partial charge is 0.165 e. The Kier molecular flexibility index (Phi) is 7.73. The van der Waals surface area contributed by atoms with Gasteiger partial charge in [-0.1, -0.05) is 11.6 Å². The average Bonchev–Trinajstić information content (AvgIpc) is 2.41. The van der Waals surface area contributed by atoms with Crippen molar-refractivity contribution < 1.29 is 14.2 Å². The average molecular weight is 302 g/mol. The van der Waals surface area contributed by atoms with Gasteiger partial charge in [0.2, 0.25) is 0 Å². The summed E-state index contributed by atoms with van der Waals surface area (Å²) in [6.45, 7) is 6.40. The molecule has 0 amide bonds. The minimum Gasteiger partial charge on any atom is -0.493 e. The van der Waals surface area contributed by atoms with Gasteiger partial charge in [-0.15, -0.1) is 0 Å².